The van der Waals surface area contributed by atoms with Gasteiger partial charge in [0.25, 0.3) is 0 Å². The third-order valence-corrected chi connectivity index (χ3v) is 2.77. The molecule has 1 atom stereocenters. The number of ether oxygens (including phenoxy) is 2. The summed E-state index contributed by atoms with van der Waals surface area (Å²) < 4.78 is 9.11. The van der Waals surface area contributed by atoms with E-state index in [0.717, 1.165) is 25.7 Å². The fraction of sp³-hybridized carbons (Fsp3) is 0.571. The first kappa shape index (κ1) is 14.5. The molecule has 0 radical (unpaired) electrons. The number of hydrogen-bond donors (Lipinski definition) is 0. The van der Waals surface area contributed by atoms with Crippen molar-refractivity contribution < 1.29 is 19.1 Å². The molecule has 0 aromatic rings. The second kappa shape index (κ2) is 8.50. The van der Waals surface area contributed by atoms with E-state index in [2.05, 4.69) is 16.9 Å². The van der Waals surface area contributed by atoms with E-state index in [1.165, 1.54) is 7.11 Å². The van der Waals surface area contributed by atoms with E-state index in [4.69, 9.17) is 4.74 Å². The maximum atomic E-state index is 11.0. The molecule has 4 nitrogen and oxygen atoms in total. The highest BCUT2D eigenvalue weighted by Gasteiger charge is 2.13. The fourth-order valence-electron chi connectivity index (χ4n) is 1.77. The van der Waals surface area contributed by atoms with Crippen LogP contribution < -0.4 is 0 Å². The summed E-state index contributed by atoms with van der Waals surface area (Å²) in [4.78, 5) is 21.6. The van der Waals surface area contributed by atoms with Crippen LogP contribution in [0.4, 0.5) is 4.79 Å². The first-order valence-electron chi connectivity index (χ1n) is 6.29. The van der Waals surface area contributed by atoms with E-state index < -0.39 is 6.16 Å². The van der Waals surface area contributed by atoms with Gasteiger partial charge < -0.3 is 9.47 Å². The molecule has 0 aromatic heterocycles. The van der Waals surface area contributed by atoms with Gasteiger partial charge in [-0.1, -0.05) is 18.2 Å². The number of rotatable bonds is 7. The van der Waals surface area contributed by atoms with E-state index >= 15 is 0 Å². The first-order valence-corrected chi connectivity index (χ1v) is 6.29. The molecule has 0 saturated carbocycles. The lowest BCUT2D eigenvalue weighted by molar-refractivity contribution is -0.114. The van der Waals surface area contributed by atoms with E-state index in [1.54, 1.807) is 6.08 Å². The number of hydrogen-bond acceptors (Lipinski definition) is 4. The zero-order valence-corrected chi connectivity index (χ0v) is 10.8. The number of methoxy groups -OCH3 is 1. The standard InChI is InChI=1S/C14H20O4/c1-17-14(16)18-10-6-4-2-3-5-7-12-8-9-13(15)11-12/h3,5,8-9,12H,2,4,6-7,10-11H2,1H3/b5-3-/t12-/m0/s1. The molecule has 0 unspecified atom stereocenters. The van der Waals surface area contributed by atoms with E-state index in [0.29, 0.717) is 18.9 Å². The van der Waals surface area contributed by atoms with Crippen LogP contribution in [-0.4, -0.2) is 25.7 Å². The van der Waals surface area contributed by atoms with Crippen LogP contribution in [0.25, 0.3) is 0 Å². The topological polar surface area (TPSA) is 52.6 Å². The molecular formula is C14H20O4. The summed E-state index contributed by atoms with van der Waals surface area (Å²) in [5.41, 5.74) is 0. The van der Waals surface area contributed by atoms with Gasteiger partial charge in [-0.15, -0.1) is 0 Å². The Morgan fingerprint density at radius 3 is 2.94 bits per heavy atom. The Bertz CT molecular complexity index is 331. The Labute approximate surface area is 108 Å². The predicted molar refractivity (Wildman–Crippen MR) is 68.2 cm³/mol. The number of ketones is 1. The predicted octanol–water partition coefficient (Wildman–Crippen LogP) is 3.03. The Balaban J connectivity index is 1.93. The Kier molecular flexibility index (Phi) is 6.84. The second-order valence-corrected chi connectivity index (χ2v) is 4.30. The number of allylic oxidation sites excluding steroid dienone is 4. The molecule has 0 saturated heterocycles. The van der Waals surface area contributed by atoms with Crippen molar-refractivity contribution in [2.75, 3.05) is 13.7 Å². The number of carbonyl (C=O) groups excluding carboxylic acids is 2. The molecule has 1 aliphatic rings. The summed E-state index contributed by atoms with van der Waals surface area (Å²) in [6, 6.07) is 0. The molecular weight excluding hydrogens is 232 g/mol. The molecule has 0 fully saturated rings. The number of unbranched alkanes of at least 4 members (excludes halogenated alkanes) is 2. The number of carbonyl (C=O) groups is 2. The normalized spacial score (nSPS) is 18.5. The van der Waals surface area contributed by atoms with Gasteiger partial charge in [0.05, 0.1) is 13.7 Å². The van der Waals surface area contributed by atoms with Crippen molar-refractivity contribution in [3.8, 4) is 0 Å². The van der Waals surface area contributed by atoms with E-state index in [1.807, 2.05) is 6.08 Å². The quantitative estimate of drug-likeness (QED) is 0.397. The van der Waals surface area contributed by atoms with Crippen molar-refractivity contribution in [1.82, 2.24) is 0 Å². The minimum absolute atomic E-state index is 0.230. The van der Waals surface area contributed by atoms with Gasteiger partial charge in [-0.25, -0.2) is 4.79 Å². The molecule has 0 N–H and O–H groups in total. The third-order valence-electron chi connectivity index (χ3n) is 2.77. The molecule has 100 valence electrons. The Morgan fingerprint density at radius 2 is 2.28 bits per heavy atom. The zero-order chi connectivity index (χ0) is 13.2. The van der Waals surface area contributed by atoms with E-state index in [9.17, 15) is 9.59 Å². The van der Waals surface area contributed by atoms with Crippen molar-refractivity contribution in [3.63, 3.8) is 0 Å². The van der Waals surface area contributed by atoms with Crippen molar-refractivity contribution >= 4 is 11.9 Å². The minimum atomic E-state index is -0.622. The first-order chi connectivity index (χ1) is 8.72. The van der Waals surface area contributed by atoms with Crippen LogP contribution in [0, 0.1) is 5.92 Å². The monoisotopic (exact) mass is 252 g/mol. The van der Waals surface area contributed by atoms with Crippen LogP contribution in [0.3, 0.4) is 0 Å². The summed E-state index contributed by atoms with van der Waals surface area (Å²) in [5.74, 6) is 0.616. The van der Waals surface area contributed by atoms with Crippen molar-refractivity contribution in [1.29, 1.82) is 0 Å². The van der Waals surface area contributed by atoms with Gasteiger partial charge in [0.1, 0.15) is 0 Å². The van der Waals surface area contributed by atoms with Crippen LogP contribution in [0.15, 0.2) is 24.3 Å². The summed E-state index contributed by atoms with van der Waals surface area (Å²) >= 11 is 0. The van der Waals surface area contributed by atoms with Gasteiger partial charge in [-0.05, 0) is 37.7 Å². The van der Waals surface area contributed by atoms with Gasteiger partial charge >= 0.3 is 6.16 Å². The van der Waals surface area contributed by atoms with Gasteiger partial charge in [0.15, 0.2) is 5.78 Å². The van der Waals surface area contributed by atoms with Gasteiger partial charge in [-0.2, -0.15) is 0 Å². The average Bonchev–Trinajstić information content (AvgIpc) is 2.78. The molecule has 18 heavy (non-hydrogen) atoms. The Hall–Kier alpha value is -1.58. The van der Waals surface area contributed by atoms with Crippen LogP contribution in [0.1, 0.15) is 32.1 Å². The van der Waals surface area contributed by atoms with Gasteiger partial charge in [0, 0.05) is 6.42 Å². The van der Waals surface area contributed by atoms with Crippen LogP contribution >= 0.6 is 0 Å². The smallest absolute Gasteiger partial charge is 0.438 e. The van der Waals surface area contributed by atoms with Crippen molar-refractivity contribution in [2.45, 2.75) is 32.1 Å². The highest BCUT2D eigenvalue weighted by molar-refractivity contribution is 5.92. The SMILES string of the molecule is COC(=O)OCCCC/C=C\C[C@H]1C=CC(=O)C1. The lowest BCUT2D eigenvalue weighted by Crippen LogP contribution is -2.05. The molecule has 0 aliphatic heterocycles. The zero-order valence-electron chi connectivity index (χ0n) is 10.8. The van der Waals surface area contributed by atoms with Crippen molar-refractivity contribution in [3.05, 3.63) is 24.3 Å². The molecule has 1 rings (SSSR count). The summed E-state index contributed by atoms with van der Waals surface area (Å²) in [6.45, 7) is 0.403. The maximum absolute atomic E-state index is 11.0. The third kappa shape index (κ3) is 6.23. The molecule has 4 heteroatoms. The van der Waals surface area contributed by atoms with Crippen LogP contribution in [-0.2, 0) is 14.3 Å². The molecule has 0 aromatic carbocycles. The van der Waals surface area contributed by atoms with Gasteiger partial charge in [0.2, 0.25) is 0 Å². The molecule has 0 heterocycles. The Morgan fingerprint density at radius 1 is 1.44 bits per heavy atom. The lowest BCUT2D eigenvalue weighted by atomic mass is 10.0. The second-order valence-electron chi connectivity index (χ2n) is 4.30. The van der Waals surface area contributed by atoms with E-state index in [-0.39, 0.29) is 5.78 Å². The largest absolute Gasteiger partial charge is 0.507 e. The van der Waals surface area contributed by atoms with Crippen LogP contribution in [0.5, 0.6) is 0 Å². The lowest BCUT2D eigenvalue weighted by Gasteiger charge is -2.02. The molecule has 0 bridgehead atoms. The molecule has 0 spiro atoms. The fourth-order valence-corrected chi connectivity index (χ4v) is 1.77. The minimum Gasteiger partial charge on any atom is -0.438 e. The molecule has 0 amide bonds. The maximum Gasteiger partial charge on any atom is 0.507 e. The van der Waals surface area contributed by atoms with Gasteiger partial charge in [-0.3, -0.25) is 4.79 Å². The molecule has 1 aliphatic carbocycles. The van der Waals surface area contributed by atoms with Crippen LogP contribution in [0.2, 0.25) is 0 Å². The summed E-state index contributed by atoms with van der Waals surface area (Å²) in [6.07, 6.45) is 11.6. The highest BCUT2D eigenvalue weighted by atomic mass is 16.7. The summed E-state index contributed by atoms with van der Waals surface area (Å²) in [7, 11) is 1.30. The van der Waals surface area contributed by atoms with Crippen molar-refractivity contribution in [2.24, 2.45) is 5.92 Å². The summed E-state index contributed by atoms with van der Waals surface area (Å²) in [5, 5.41) is 0. The average molecular weight is 252 g/mol. The highest BCUT2D eigenvalue weighted by Crippen LogP contribution is 2.18.